The van der Waals surface area contributed by atoms with Gasteiger partial charge >= 0.3 is 0 Å². The summed E-state index contributed by atoms with van der Waals surface area (Å²) in [6.45, 7) is 0. The first kappa shape index (κ1) is 33.3. The zero-order chi connectivity index (χ0) is 40.8. The Bertz CT molecular complexity index is 3820. The van der Waals surface area contributed by atoms with Crippen molar-refractivity contribution in [3.8, 4) is 51.0 Å². The SMILES string of the molecule is c1ccc(-c2nc(-c3ccc4c(c3)oc3ccccc34)nc(-n3c4ccc(-c5ccc6c(c5)-c5ccccc5C65C6CC7CC8CC5C786)cc4c4ccc5ccccc5c43)n2)cc1. The Balaban J connectivity index is 0.898. The van der Waals surface area contributed by atoms with E-state index in [4.69, 9.17) is 19.4 Å². The van der Waals surface area contributed by atoms with E-state index >= 15 is 0 Å². The monoisotopic (exact) mass is 806 g/mol. The second kappa shape index (κ2) is 11.4. The average molecular weight is 807 g/mol. The van der Waals surface area contributed by atoms with E-state index in [0.29, 0.717) is 23.0 Å². The molecule has 11 aromatic rings. The molecule has 3 aromatic heterocycles. The quantitative estimate of drug-likeness (QED) is 0.178. The highest BCUT2D eigenvalue weighted by Crippen LogP contribution is 2.94. The summed E-state index contributed by atoms with van der Waals surface area (Å²) in [5, 5.41) is 6.83. The summed E-state index contributed by atoms with van der Waals surface area (Å²) in [5.41, 5.74) is 15.1. The van der Waals surface area contributed by atoms with Crippen molar-refractivity contribution in [2.24, 2.45) is 29.1 Å². The van der Waals surface area contributed by atoms with E-state index in [9.17, 15) is 0 Å². The molecule has 4 atom stereocenters. The topological polar surface area (TPSA) is 56.7 Å². The molecular formula is C58H38N4O. The van der Waals surface area contributed by atoms with Gasteiger partial charge in [-0.3, -0.25) is 4.57 Å². The molecule has 0 aliphatic heterocycles. The van der Waals surface area contributed by atoms with Crippen LogP contribution in [0.4, 0.5) is 0 Å². The third kappa shape index (κ3) is 3.87. The average Bonchev–Trinajstić information content (AvgIpc) is 3.96. The molecule has 4 fully saturated rings. The van der Waals surface area contributed by atoms with Crippen molar-refractivity contribution in [3.63, 3.8) is 0 Å². The number of rotatable bonds is 4. The fraction of sp³-hybridized carbons (Fsp3) is 0.155. The van der Waals surface area contributed by atoms with Gasteiger partial charge in [-0.25, -0.2) is 4.98 Å². The summed E-state index contributed by atoms with van der Waals surface area (Å²) in [6.07, 6.45) is 4.33. The van der Waals surface area contributed by atoms with Gasteiger partial charge < -0.3 is 4.42 Å². The molecule has 16 rings (SSSR count). The highest BCUT2D eigenvalue weighted by Gasteiger charge is 2.90. The predicted octanol–water partition coefficient (Wildman–Crippen LogP) is 14.0. The molecule has 4 saturated carbocycles. The van der Waals surface area contributed by atoms with Crippen LogP contribution in [0.1, 0.15) is 30.4 Å². The molecule has 0 bridgehead atoms. The lowest BCUT2D eigenvalue weighted by molar-refractivity contribution is -0.412. The summed E-state index contributed by atoms with van der Waals surface area (Å²) in [7, 11) is 0. The molecule has 2 spiro atoms. The van der Waals surface area contributed by atoms with E-state index in [1.165, 1.54) is 57.7 Å². The Hall–Kier alpha value is -7.37. The molecule has 0 saturated heterocycles. The number of fused-ring (bicyclic) bond motifs is 15. The van der Waals surface area contributed by atoms with Crippen molar-refractivity contribution in [1.29, 1.82) is 0 Å². The molecule has 0 N–H and O–H groups in total. The van der Waals surface area contributed by atoms with E-state index in [1.54, 1.807) is 11.1 Å². The van der Waals surface area contributed by atoms with E-state index in [1.807, 2.05) is 30.3 Å². The lowest BCUT2D eigenvalue weighted by Gasteiger charge is -2.92. The van der Waals surface area contributed by atoms with Crippen molar-refractivity contribution in [2.45, 2.75) is 24.7 Å². The van der Waals surface area contributed by atoms with E-state index in [0.717, 1.165) is 73.2 Å². The van der Waals surface area contributed by atoms with Crippen LogP contribution in [0.3, 0.4) is 0 Å². The minimum atomic E-state index is 0.218. The number of hydrogen-bond donors (Lipinski definition) is 0. The molecule has 4 unspecified atom stereocenters. The maximum absolute atomic E-state index is 6.36. The van der Waals surface area contributed by atoms with Crippen LogP contribution >= 0.6 is 0 Å². The highest BCUT2D eigenvalue weighted by atomic mass is 16.3. The molecule has 0 amide bonds. The lowest BCUT2D eigenvalue weighted by atomic mass is 9.11. The van der Waals surface area contributed by atoms with Gasteiger partial charge in [0, 0.05) is 43.5 Å². The van der Waals surface area contributed by atoms with Crippen LogP contribution in [0.2, 0.25) is 0 Å². The van der Waals surface area contributed by atoms with Gasteiger partial charge in [-0.15, -0.1) is 0 Å². The molecule has 5 nitrogen and oxygen atoms in total. The molecular weight excluding hydrogens is 769 g/mol. The van der Waals surface area contributed by atoms with Gasteiger partial charge in [0.1, 0.15) is 11.2 Å². The number of furan rings is 1. The van der Waals surface area contributed by atoms with Gasteiger partial charge in [-0.2, -0.15) is 9.97 Å². The minimum Gasteiger partial charge on any atom is -0.456 e. The second-order valence-electron chi connectivity index (χ2n) is 19.1. The standard InChI is InChI=1S/C58H38N4O/c1-2-11-33(12-3-1)54-59-55(36-19-22-42-41-15-7-9-17-49(41)63-50(42)28-36)61-56(60-54)62-48-25-21-35(27-45(48)43-23-18-32-10-4-5-13-39(32)53(43)62)34-20-24-47-44(26-34)40-14-6-8-16-46(40)58(47)51-30-37-29-38-31-52(58)57(37,38)51/h1-28,37-38,51-52H,29-31H2. The molecule has 5 aliphatic rings. The van der Waals surface area contributed by atoms with E-state index in [2.05, 4.69) is 144 Å². The van der Waals surface area contributed by atoms with Crippen molar-refractivity contribution in [3.05, 3.63) is 181 Å². The first-order valence-electron chi connectivity index (χ1n) is 22.6. The third-order valence-electron chi connectivity index (χ3n) is 16.9. The second-order valence-corrected chi connectivity index (χ2v) is 19.1. The largest absolute Gasteiger partial charge is 0.456 e. The van der Waals surface area contributed by atoms with Gasteiger partial charge in [0.15, 0.2) is 11.6 Å². The lowest BCUT2D eigenvalue weighted by Crippen LogP contribution is -2.88. The van der Waals surface area contributed by atoms with Gasteiger partial charge in [-0.1, -0.05) is 133 Å². The maximum atomic E-state index is 6.36. The van der Waals surface area contributed by atoms with Gasteiger partial charge in [0.05, 0.1) is 11.0 Å². The number of nitrogens with zero attached hydrogens (tertiary/aromatic N) is 4. The number of para-hydroxylation sites is 1. The summed E-state index contributed by atoms with van der Waals surface area (Å²) >= 11 is 0. The summed E-state index contributed by atoms with van der Waals surface area (Å²) in [4.78, 5) is 15.8. The molecule has 8 aromatic carbocycles. The normalized spacial score (nSPS) is 24.4. The van der Waals surface area contributed by atoms with Gasteiger partial charge in [0.25, 0.3) is 0 Å². The Kier molecular flexibility index (Phi) is 6.00. The van der Waals surface area contributed by atoms with Crippen LogP contribution in [0.15, 0.2) is 174 Å². The van der Waals surface area contributed by atoms with Crippen molar-refractivity contribution in [2.75, 3.05) is 0 Å². The Labute approximate surface area is 362 Å². The van der Waals surface area contributed by atoms with Gasteiger partial charge in [-0.05, 0) is 124 Å². The highest BCUT2D eigenvalue weighted by molar-refractivity contribution is 6.19. The van der Waals surface area contributed by atoms with Crippen LogP contribution < -0.4 is 0 Å². The first-order chi connectivity index (χ1) is 31.2. The zero-order valence-corrected chi connectivity index (χ0v) is 34.3. The summed E-state index contributed by atoms with van der Waals surface area (Å²) in [5.74, 6) is 5.43. The van der Waals surface area contributed by atoms with Crippen molar-refractivity contribution < 1.29 is 4.42 Å². The number of benzene rings is 8. The van der Waals surface area contributed by atoms with Crippen LogP contribution in [-0.4, -0.2) is 19.5 Å². The molecule has 5 heteroatoms. The first-order valence-corrected chi connectivity index (χ1v) is 22.6. The molecule has 296 valence electrons. The van der Waals surface area contributed by atoms with Crippen LogP contribution in [0.25, 0.3) is 105 Å². The minimum absolute atomic E-state index is 0.218. The molecule has 0 radical (unpaired) electrons. The summed E-state index contributed by atoms with van der Waals surface area (Å²) in [6, 6.07) is 61.7. The Morgan fingerprint density at radius 2 is 1.14 bits per heavy atom. The van der Waals surface area contributed by atoms with Crippen molar-refractivity contribution in [1.82, 2.24) is 19.5 Å². The fourth-order valence-corrected chi connectivity index (χ4v) is 14.5. The molecule has 5 aliphatic carbocycles. The van der Waals surface area contributed by atoms with E-state index in [-0.39, 0.29) is 5.41 Å². The van der Waals surface area contributed by atoms with Gasteiger partial charge in [0.2, 0.25) is 5.95 Å². The molecule has 63 heavy (non-hydrogen) atoms. The van der Waals surface area contributed by atoms with Crippen molar-refractivity contribution >= 4 is 54.5 Å². The predicted molar refractivity (Wildman–Crippen MR) is 252 cm³/mol. The zero-order valence-electron chi connectivity index (χ0n) is 34.3. The smallest absolute Gasteiger partial charge is 0.238 e. The summed E-state index contributed by atoms with van der Waals surface area (Å²) < 4.78 is 8.62. The van der Waals surface area contributed by atoms with Crippen LogP contribution in [-0.2, 0) is 5.41 Å². The molecule has 3 heterocycles. The maximum Gasteiger partial charge on any atom is 0.238 e. The fourth-order valence-electron chi connectivity index (χ4n) is 14.5. The third-order valence-corrected chi connectivity index (χ3v) is 16.9. The Morgan fingerprint density at radius 3 is 2.02 bits per heavy atom. The number of aromatic nitrogens is 4. The number of hydrogen-bond acceptors (Lipinski definition) is 4. The van der Waals surface area contributed by atoms with Crippen LogP contribution in [0.5, 0.6) is 0 Å². The Morgan fingerprint density at radius 1 is 0.460 bits per heavy atom. The van der Waals surface area contributed by atoms with Crippen LogP contribution in [0, 0.1) is 29.1 Å². The van der Waals surface area contributed by atoms with E-state index < -0.39 is 0 Å².